The minimum Gasteiger partial charge on any atom is -0.503 e. The average molecular weight is 441 g/mol. The predicted octanol–water partition coefficient (Wildman–Crippen LogP) is 1.27. The van der Waals surface area contributed by atoms with Gasteiger partial charge in [0.1, 0.15) is 17.2 Å². The Morgan fingerprint density at radius 1 is 1.28 bits per heavy atom. The van der Waals surface area contributed by atoms with Crippen LogP contribution in [0.25, 0.3) is 0 Å². The molecule has 2 bridgehead atoms. The van der Waals surface area contributed by atoms with Gasteiger partial charge in [0.25, 0.3) is 11.8 Å². The van der Waals surface area contributed by atoms with E-state index in [0.29, 0.717) is 12.5 Å². The van der Waals surface area contributed by atoms with Crippen molar-refractivity contribution in [3.63, 3.8) is 0 Å². The summed E-state index contributed by atoms with van der Waals surface area (Å²) in [6.45, 7) is -0.125. The van der Waals surface area contributed by atoms with Gasteiger partial charge in [-0.3, -0.25) is 14.4 Å². The number of carbonyl (C=O) groups is 2. The van der Waals surface area contributed by atoms with Crippen molar-refractivity contribution in [2.75, 3.05) is 0 Å². The summed E-state index contributed by atoms with van der Waals surface area (Å²) in [4.78, 5) is 40.0. The largest absolute Gasteiger partial charge is 0.503 e. The van der Waals surface area contributed by atoms with Crippen LogP contribution in [-0.2, 0) is 17.8 Å². The van der Waals surface area contributed by atoms with Gasteiger partial charge in [-0.25, -0.2) is 8.78 Å². The van der Waals surface area contributed by atoms with E-state index in [-0.39, 0.29) is 48.0 Å². The predicted molar refractivity (Wildman–Crippen MR) is 105 cm³/mol. The Bertz CT molecular complexity index is 1300. The summed E-state index contributed by atoms with van der Waals surface area (Å²) in [5.41, 5.74) is -0.338. The fraction of sp³-hybridized carbons (Fsp3) is 0.318. The quantitative estimate of drug-likeness (QED) is 0.699. The zero-order chi connectivity index (χ0) is 22.3. The molecule has 3 heterocycles. The minimum absolute atomic E-state index is 0.0260. The van der Waals surface area contributed by atoms with Crippen molar-refractivity contribution in [2.45, 2.75) is 37.9 Å². The zero-order valence-corrected chi connectivity index (χ0v) is 16.5. The second kappa shape index (κ2) is 6.49. The first-order valence-electron chi connectivity index (χ1n) is 10.2. The van der Waals surface area contributed by atoms with Crippen LogP contribution in [-0.4, -0.2) is 44.8 Å². The lowest BCUT2D eigenvalue weighted by molar-refractivity contribution is -0.129. The Morgan fingerprint density at radius 3 is 2.88 bits per heavy atom. The molecule has 10 heteroatoms. The van der Waals surface area contributed by atoms with E-state index in [0.717, 1.165) is 6.07 Å². The first-order valence-corrected chi connectivity index (χ1v) is 10.2. The van der Waals surface area contributed by atoms with Crippen molar-refractivity contribution < 1.29 is 28.2 Å². The average Bonchev–Trinajstić information content (AvgIpc) is 3.50. The maximum absolute atomic E-state index is 13.8. The molecule has 4 aliphatic rings. The van der Waals surface area contributed by atoms with E-state index in [1.165, 1.54) is 22.4 Å². The number of fused-ring (bicyclic) bond motifs is 8. The van der Waals surface area contributed by atoms with E-state index in [4.69, 9.17) is 4.74 Å². The molecule has 1 saturated heterocycles. The molecule has 2 aromatic rings. The fourth-order valence-corrected chi connectivity index (χ4v) is 5.02. The Balaban J connectivity index is 1.29. The fourth-order valence-electron chi connectivity index (χ4n) is 5.02. The van der Waals surface area contributed by atoms with Gasteiger partial charge in [-0.05, 0) is 18.1 Å². The number of nitrogens with zero attached hydrogens (tertiary/aromatic N) is 2. The van der Waals surface area contributed by atoms with E-state index < -0.39 is 40.9 Å². The van der Waals surface area contributed by atoms with E-state index in [1.807, 2.05) is 0 Å². The van der Waals surface area contributed by atoms with Gasteiger partial charge in [0.15, 0.2) is 17.7 Å². The van der Waals surface area contributed by atoms with E-state index in [9.17, 15) is 28.3 Å². The van der Waals surface area contributed by atoms with Gasteiger partial charge in [0.05, 0.1) is 12.6 Å². The molecule has 2 N–H and O–H groups in total. The number of benzene rings is 1. The molecule has 1 unspecified atom stereocenters. The van der Waals surface area contributed by atoms with Crippen LogP contribution in [0.5, 0.6) is 5.75 Å². The Kier molecular flexibility index (Phi) is 3.89. The summed E-state index contributed by atoms with van der Waals surface area (Å²) in [7, 11) is 0. The number of amides is 2. The lowest BCUT2D eigenvalue weighted by Crippen LogP contribution is -2.58. The van der Waals surface area contributed by atoms with Gasteiger partial charge in [-0.15, -0.1) is 0 Å². The third-order valence-corrected chi connectivity index (χ3v) is 6.62. The smallest absolute Gasteiger partial charge is 0.276 e. The summed E-state index contributed by atoms with van der Waals surface area (Å²) >= 11 is 0. The second-order valence-electron chi connectivity index (χ2n) is 8.43. The molecule has 4 atom stereocenters. The Labute approximate surface area is 179 Å². The van der Waals surface area contributed by atoms with Gasteiger partial charge in [0.2, 0.25) is 5.43 Å². The van der Waals surface area contributed by atoms with E-state index in [1.54, 1.807) is 4.90 Å². The third-order valence-electron chi connectivity index (χ3n) is 6.62. The van der Waals surface area contributed by atoms with Gasteiger partial charge in [0, 0.05) is 36.3 Å². The van der Waals surface area contributed by atoms with Crippen LogP contribution in [0.2, 0.25) is 0 Å². The number of hydrogen-bond donors (Lipinski definition) is 2. The van der Waals surface area contributed by atoms with Gasteiger partial charge < -0.3 is 24.6 Å². The molecule has 0 spiro atoms. The van der Waals surface area contributed by atoms with Crippen molar-refractivity contribution in [3.8, 4) is 5.75 Å². The topological polar surface area (TPSA) is 101 Å². The summed E-state index contributed by atoms with van der Waals surface area (Å²) in [5, 5.41) is 12.9. The standard InChI is InChI=1S/C22H17F2N3O5/c23-10-2-1-9(14(24)3-10)6-25-21(30)13-7-26-8-17-27(22(31)18(26)20(29)19(13)28)15-5-16(32-17)12-4-11(12)15/h1-4,7,11,15-17,29H,5-6,8H2,(H,25,30)/t11-,15+,16-,17?/m1/s1. The van der Waals surface area contributed by atoms with Crippen LogP contribution in [0.1, 0.15) is 32.8 Å². The van der Waals surface area contributed by atoms with Crippen LogP contribution >= 0.6 is 0 Å². The number of aromatic nitrogens is 1. The first-order chi connectivity index (χ1) is 15.3. The summed E-state index contributed by atoms with van der Waals surface area (Å²) < 4.78 is 34.3. The van der Waals surface area contributed by atoms with Crippen LogP contribution in [0.15, 0.2) is 40.8 Å². The van der Waals surface area contributed by atoms with Crippen molar-refractivity contribution in [1.29, 1.82) is 0 Å². The van der Waals surface area contributed by atoms with Crippen molar-refractivity contribution in [1.82, 2.24) is 14.8 Å². The van der Waals surface area contributed by atoms with Crippen LogP contribution in [0.4, 0.5) is 8.78 Å². The molecule has 2 amide bonds. The molecule has 2 aliphatic heterocycles. The molecule has 164 valence electrons. The number of ether oxygens (including phenoxy) is 1. The third kappa shape index (κ3) is 2.65. The van der Waals surface area contributed by atoms with Gasteiger partial charge in [-0.2, -0.15) is 0 Å². The molecule has 1 saturated carbocycles. The highest BCUT2D eigenvalue weighted by atomic mass is 19.1. The molecule has 2 aliphatic carbocycles. The highest BCUT2D eigenvalue weighted by molar-refractivity contribution is 5.99. The maximum Gasteiger partial charge on any atom is 0.276 e. The molecule has 8 nitrogen and oxygen atoms in total. The first kappa shape index (κ1) is 19.2. The lowest BCUT2D eigenvalue weighted by atomic mass is 10.0. The molecule has 1 aromatic heterocycles. The summed E-state index contributed by atoms with van der Waals surface area (Å²) in [6, 6.07) is 2.89. The van der Waals surface area contributed by atoms with E-state index in [2.05, 4.69) is 11.4 Å². The zero-order valence-electron chi connectivity index (χ0n) is 16.5. The summed E-state index contributed by atoms with van der Waals surface area (Å²) in [6.07, 6.45) is 3.40. The van der Waals surface area contributed by atoms with Crippen molar-refractivity contribution >= 4 is 11.8 Å². The number of carbonyl (C=O) groups excluding carboxylic acids is 2. The molecular weight excluding hydrogens is 424 g/mol. The normalized spacial score (nSPS) is 26.8. The van der Waals surface area contributed by atoms with Crippen LogP contribution < -0.4 is 10.7 Å². The highest BCUT2D eigenvalue weighted by Gasteiger charge is 2.57. The molecule has 1 aromatic carbocycles. The van der Waals surface area contributed by atoms with Crippen molar-refractivity contribution in [3.05, 3.63) is 74.7 Å². The van der Waals surface area contributed by atoms with Gasteiger partial charge in [-0.1, -0.05) is 12.1 Å². The minimum atomic E-state index is -0.993. The lowest BCUT2D eigenvalue weighted by Gasteiger charge is -2.45. The molecule has 0 radical (unpaired) electrons. The number of pyridine rings is 1. The highest BCUT2D eigenvalue weighted by Crippen LogP contribution is 2.53. The number of nitrogens with one attached hydrogen (secondary N) is 1. The second-order valence-corrected chi connectivity index (χ2v) is 8.43. The number of halogens is 2. The summed E-state index contributed by atoms with van der Waals surface area (Å²) in [5.74, 6) is -3.56. The van der Waals surface area contributed by atoms with Crippen LogP contribution in [0, 0.1) is 17.6 Å². The maximum atomic E-state index is 13.8. The number of hydrogen-bond acceptors (Lipinski definition) is 5. The molecule has 32 heavy (non-hydrogen) atoms. The SMILES string of the molecule is O=C(NCc1ccc(F)cc1F)c1cn2c(c(O)c1=O)C(=O)N1C(C2)O[C@@H]2C[C@H]1[C@@H]1C=C12. The van der Waals surface area contributed by atoms with Crippen LogP contribution in [0.3, 0.4) is 0 Å². The Morgan fingerprint density at radius 2 is 2.09 bits per heavy atom. The molecule has 2 fully saturated rings. The molecule has 6 rings (SSSR count). The molecular formula is C22H17F2N3O5. The monoisotopic (exact) mass is 441 g/mol. The van der Waals surface area contributed by atoms with E-state index >= 15 is 0 Å². The van der Waals surface area contributed by atoms with Crippen molar-refractivity contribution in [2.24, 2.45) is 5.92 Å². The Hall–Kier alpha value is -3.53. The van der Waals surface area contributed by atoms with Gasteiger partial charge >= 0.3 is 0 Å². The number of aromatic hydroxyl groups is 1. The number of rotatable bonds is 3.